The van der Waals surface area contributed by atoms with Gasteiger partial charge in [0.1, 0.15) is 0 Å². The first-order valence-corrected chi connectivity index (χ1v) is 7.92. The topological polar surface area (TPSA) is 0 Å². The highest BCUT2D eigenvalue weighted by Gasteiger charge is 2.24. The summed E-state index contributed by atoms with van der Waals surface area (Å²) in [5.74, 6) is 0.857. The van der Waals surface area contributed by atoms with Crippen molar-refractivity contribution in [2.24, 2.45) is 0 Å². The first-order chi connectivity index (χ1) is 9.22. The van der Waals surface area contributed by atoms with E-state index >= 15 is 0 Å². The van der Waals surface area contributed by atoms with Crippen LogP contribution < -0.4 is 0 Å². The number of hydrogen-bond acceptors (Lipinski definition) is 0. The average Bonchev–Trinajstić information content (AvgIpc) is 3.25. The molecule has 1 aliphatic carbocycles. The summed E-state index contributed by atoms with van der Waals surface area (Å²) in [5.41, 5.74) is 2.62. The van der Waals surface area contributed by atoms with Crippen molar-refractivity contribution in [1.82, 2.24) is 0 Å². The van der Waals surface area contributed by atoms with Gasteiger partial charge in [-0.1, -0.05) is 80.9 Å². The van der Waals surface area contributed by atoms with Gasteiger partial charge in [0, 0.05) is 8.95 Å². The number of hydrogen-bond donors (Lipinski definition) is 0. The van der Waals surface area contributed by atoms with Gasteiger partial charge in [0.15, 0.2) is 0 Å². The summed E-state index contributed by atoms with van der Waals surface area (Å²) in [6.45, 7) is 3.66. The van der Waals surface area contributed by atoms with Crippen LogP contribution in [0.15, 0.2) is 64.1 Å². The van der Waals surface area contributed by atoms with E-state index in [1.165, 1.54) is 22.9 Å². The Morgan fingerprint density at radius 2 is 1.47 bits per heavy atom. The van der Waals surface area contributed by atoms with Crippen LogP contribution in [0.2, 0.25) is 0 Å². The molecule has 0 unspecified atom stereocenters. The summed E-state index contributed by atoms with van der Waals surface area (Å²) in [7, 11) is 0. The molecule has 0 heterocycles. The predicted octanol–water partition coefficient (Wildman–Crippen LogP) is 6.42. The van der Waals surface area contributed by atoms with Crippen molar-refractivity contribution < 1.29 is 0 Å². The lowest BCUT2D eigenvalue weighted by atomic mass is 10.1. The fraction of sp³-hybridized carbons (Fsp3) is 0.176. The van der Waals surface area contributed by atoms with Gasteiger partial charge in [-0.25, -0.2) is 0 Å². The van der Waals surface area contributed by atoms with E-state index in [4.69, 9.17) is 0 Å². The molecule has 0 N–H and O–H groups in total. The molecule has 0 bridgehead atoms. The third-order valence-electron chi connectivity index (χ3n) is 3.05. The standard InChI is InChI=1S/C9H9Br.C8H7Br/c10-9-4-2-1-3-8(9)7-5-6-7;1-2-7-5-3-4-6-8(7)9/h1-4,7H,5-6H2;2-6H,1H2. The molecule has 19 heavy (non-hydrogen) atoms. The molecule has 2 aromatic carbocycles. The first-order valence-electron chi connectivity index (χ1n) is 6.33. The molecular weight excluding hydrogens is 364 g/mol. The van der Waals surface area contributed by atoms with Gasteiger partial charge in [0.2, 0.25) is 0 Å². The minimum atomic E-state index is 0.857. The van der Waals surface area contributed by atoms with E-state index in [9.17, 15) is 0 Å². The second-order valence-corrected chi connectivity index (χ2v) is 6.23. The Labute approximate surface area is 131 Å². The van der Waals surface area contributed by atoms with Gasteiger partial charge in [-0.15, -0.1) is 0 Å². The van der Waals surface area contributed by atoms with E-state index in [-0.39, 0.29) is 0 Å². The lowest BCUT2D eigenvalue weighted by Gasteiger charge is -1.98. The van der Waals surface area contributed by atoms with E-state index in [0.717, 1.165) is 16.0 Å². The van der Waals surface area contributed by atoms with E-state index < -0.39 is 0 Å². The molecule has 1 saturated carbocycles. The van der Waals surface area contributed by atoms with Crippen molar-refractivity contribution in [2.45, 2.75) is 18.8 Å². The van der Waals surface area contributed by atoms with Gasteiger partial charge in [-0.3, -0.25) is 0 Å². The Hall–Kier alpha value is -0.860. The fourth-order valence-corrected chi connectivity index (χ4v) is 2.90. The van der Waals surface area contributed by atoms with Crippen molar-refractivity contribution in [1.29, 1.82) is 0 Å². The minimum absolute atomic E-state index is 0.857. The number of rotatable bonds is 2. The quantitative estimate of drug-likeness (QED) is 0.564. The maximum atomic E-state index is 3.66. The van der Waals surface area contributed by atoms with Crippen LogP contribution in [0.1, 0.15) is 29.9 Å². The van der Waals surface area contributed by atoms with Crippen molar-refractivity contribution >= 4 is 37.9 Å². The molecule has 0 aliphatic heterocycles. The largest absolute Gasteiger partial charge is 0.0984 e. The molecule has 98 valence electrons. The molecule has 0 amide bonds. The van der Waals surface area contributed by atoms with E-state index in [1.807, 2.05) is 30.3 Å². The molecule has 0 radical (unpaired) electrons. The maximum absolute atomic E-state index is 3.66. The third kappa shape index (κ3) is 4.32. The maximum Gasteiger partial charge on any atom is 0.0247 e. The van der Waals surface area contributed by atoms with Crippen molar-refractivity contribution in [3.8, 4) is 0 Å². The molecule has 3 rings (SSSR count). The highest BCUT2D eigenvalue weighted by atomic mass is 79.9. The summed E-state index contributed by atoms with van der Waals surface area (Å²) in [6, 6.07) is 16.5. The molecule has 0 spiro atoms. The normalized spacial score (nSPS) is 13.4. The Morgan fingerprint density at radius 1 is 0.895 bits per heavy atom. The predicted molar refractivity (Wildman–Crippen MR) is 90.4 cm³/mol. The lowest BCUT2D eigenvalue weighted by molar-refractivity contribution is 1.12. The van der Waals surface area contributed by atoms with E-state index in [1.54, 1.807) is 0 Å². The van der Waals surface area contributed by atoms with Crippen LogP contribution >= 0.6 is 31.9 Å². The van der Waals surface area contributed by atoms with Crippen LogP contribution in [-0.4, -0.2) is 0 Å². The molecule has 2 aromatic rings. The zero-order valence-corrected chi connectivity index (χ0v) is 13.8. The second kappa shape index (κ2) is 7.06. The molecule has 0 aromatic heterocycles. The third-order valence-corrected chi connectivity index (χ3v) is 4.49. The molecule has 1 fully saturated rings. The Balaban J connectivity index is 0.000000141. The van der Waals surface area contributed by atoms with Crippen LogP contribution in [0, 0.1) is 0 Å². The van der Waals surface area contributed by atoms with Crippen LogP contribution in [-0.2, 0) is 0 Å². The van der Waals surface area contributed by atoms with Gasteiger partial charge >= 0.3 is 0 Å². The van der Waals surface area contributed by atoms with Gasteiger partial charge in [0.25, 0.3) is 0 Å². The van der Waals surface area contributed by atoms with E-state index in [2.05, 4.69) is 62.7 Å². The Morgan fingerprint density at radius 3 is 1.95 bits per heavy atom. The van der Waals surface area contributed by atoms with Crippen LogP contribution in [0.3, 0.4) is 0 Å². The van der Waals surface area contributed by atoms with Gasteiger partial charge in [-0.05, 0) is 42.0 Å². The number of benzene rings is 2. The molecule has 0 saturated heterocycles. The fourth-order valence-electron chi connectivity index (χ4n) is 1.84. The molecule has 1 aliphatic rings. The highest BCUT2D eigenvalue weighted by molar-refractivity contribution is 9.10. The van der Waals surface area contributed by atoms with Crippen molar-refractivity contribution in [3.05, 3.63) is 75.2 Å². The Kier molecular flexibility index (Phi) is 5.41. The van der Waals surface area contributed by atoms with Crippen LogP contribution in [0.4, 0.5) is 0 Å². The monoisotopic (exact) mass is 378 g/mol. The van der Waals surface area contributed by atoms with Crippen molar-refractivity contribution in [3.63, 3.8) is 0 Å². The molecular formula is C17H16Br2. The summed E-state index contributed by atoms with van der Waals surface area (Å²) in [5, 5.41) is 0. The average molecular weight is 380 g/mol. The van der Waals surface area contributed by atoms with Crippen molar-refractivity contribution in [2.75, 3.05) is 0 Å². The summed E-state index contributed by atoms with van der Waals surface area (Å²) >= 11 is 6.92. The highest BCUT2D eigenvalue weighted by Crippen LogP contribution is 2.42. The molecule has 0 nitrogen and oxygen atoms in total. The Bertz CT molecular complexity index is 557. The summed E-state index contributed by atoms with van der Waals surface area (Å²) < 4.78 is 2.37. The minimum Gasteiger partial charge on any atom is -0.0984 e. The lowest BCUT2D eigenvalue weighted by Crippen LogP contribution is -1.78. The van der Waals surface area contributed by atoms with Crippen LogP contribution in [0.5, 0.6) is 0 Å². The summed E-state index contributed by atoms with van der Waals surface area (Å²) in [6.07, 6.45) is 4.58. The van der Waals surface area contributed by atoms with E-state index in [0.29, 0.717) is 0 Å². The van der Waals surface area contributed by atoms with Gasteiger partial charge in [0.05, 0.1) is 0 Å². The SMILES string of the molecule is Brc1ccccc1C1CC1.C=Cc1ccccc1Br. The molecule has 0 atom stereocenters. The smallest absolute Gasteiger partial charge is 0.0247 e. The summed E-state index contributed by atoms with van der Waals surface area (Å²) in [4.78, 5) is 0. The first kappa shape index (κ1) is 14.5. The number of halogens is 2. The zero-order chi connectivity index (χ0) is 13.7. The van der Waals surface area contributed by atoms with Gasteiger partial charge < -0.3 is 0 Å². The van der Waals surface area contributed by atoms with Gasteiger partial charge in [-0.2, -0.15) is 0 Å². The zero-order valence-electron chi connectivity index (χ0n) is 10.7. The molecule has 2 heteroatoms. The second-order valence-electron chi connectivity index (χ2n) is 4.52. The van der Waals surface area contributed by atoms with Crippen LogP contribution in [0.25, 0.3) is 6.08 Å².